The molecule has 1 aliphatic rings. The molecule has 0 aliphatic carbocycles. The lowest BCUT2D eigenvalue weighted by Gasteiger charge is -2.10. The number of phenolic OH excluding ortho intramolecular Hbond substituents is 1. The van der Waals surface area contributed by atoms with Crippen molar-refractivity contribution in [3.8, 4) is 17.2 Å². The minimum Gasteiger partial charge on any atom is -0.507 e. The van der Waals surface area contributed by atoms with Gasteiger partial charge in [-0.15, -0.1) is 11.3 Å². The molecule has 1 aromatic heterocycles. The molecular formula is C19H14N2O5S. The predicted molar refractivity (Wildman–Crippen MR) is 101 cm³/mol. The monoisotopic (exact) mass is 382 g/mol. The van der Waals surface area contributed by atoms with E-state index in [0.29, 0.717) is 27.8 Å². The van der Waals surface area contributed by atoms with Crippen molar-refractivity contribution in [1.29, 1.82) is 0 Å². The number of hydrogen-bond acceptors (Lipinski definition) is 6. The zero-order chi connectivity index (χ0) is 18.8. The fourth-order valence-corrected chi connectivity index (χ4v) is 3.21. The van der Waals surface area contributed by atoms with Crippen molar-refractivity contribution in [3.63, 3.8) is 0 Å². The van der Waals surface area contributed by atoms with E-state index < -0.39 is 5.91 Å². The van der Waals surface area contributed by atoms with Crippen LogP contribution in [0.25, 0.3) is 0 Å². The summed E-state index contributed by atoms with van der Waals surface area (Å²) in [5.74, 6) is -0.148. The topological polar surface area (TPSA) is 96.9 Å². The average molecular weight is 382 g/mol. The van der Waals surface area contributed by atoms with Crippen molar-refractivity contribution < 1.29 is 24.2 Å². The van der Waals surface area contributed by atoms with E-state index in [4.69, 9.17) is 9.47 Å². The molecule has 2 heterocycles. The van der Waals surface area contributed by atoms with Crippen molar-refractivity contribution in [2.45, 2.75) is 0 Å². The zero-order valence-corrected chi connectivity index (χ0v) is 14.7. The summed E-state index contributed by atoms with van der Waals surface area (Å²) in [5.41, 5.74) is 1.08. The number of anilines is 2. The highest BCUT2D eigenvalue weighted by molar-refractivity contribution is 7.12. The maximum absolute atomic E-state index is 12.5. The molecule has 0 spiro atoms. The van der Waals surface area contributed by atoms with Crippen LogP contribution in [-0.2, 0) is 0 Å². The number of phenols is 1. The van der Waals surface area contributed by atoms with E-state index in [1.807, 2.05) is 5.38 Å². The van der Waals surface area contributed by atoms with Crippen LogP contribution < -0.4 is 20.1 Å². The van der Waals surface area contributed by atoms with Crippen molar-refractivity contribution in [2.24, 2.45) is 0 Å². The van der Waals surface area contributed by atoms with E-state index in [0.717, 1.165) is 0 Å². The Morgan fingerprint density at radius 3 is 2.33 bits per heavy atom. The molecule has 4 rings (SSSR count). The standard InChI is InChI=1S/C19H14N2O5S/c22-14-9-16-15(25-10-26-16)8-13(14)18(23)20-11-3-1-4-12(7-11)21-19(24)17-5-2-6-27-17/h1-9,22H,10H2,(H,20,23)(H,21,24). The first-order valence-electron chi connectivity index (χ1n) is 7.99. The van der Waals surface area contributed by atoms with Crippen LogP contribution in [0.5, 0.6) is 17.2 Å². The molecule has 7 nitrogen and oxygen atoms in total. The number of fused-ring (bicyclic) bond motifs is 1. The molecule has 2 amide bonds. The molecule has 0 atom stereocenters. The van der Waals surface area contributed by atoms with E-state index in [9.17, 15) is 14.7 Å². The smallest absolute Gasteiger partial charge is 0.265 e. The van der Waals surface area contributed by atoms with Gasteiger partial charge in [0.15, 0.2) is 11.5 Å². The number of aromatic hydroxyl groups is 1. The minimum atomic E-state index is -0.507. The Kier molecular flexibility index (Phi) is 4.39. The summed E-state index contributed by atoms with van der Waals surface area (Å²) in [6.45, 7) is 0.0474. The summed E-state index contributed by atoms with van der Waals surface area (Å²) in [6.07, 6.45) is 0. The number of hydrogen-bond donors (Lipinski definition) is 3. The fourth-order valence-electron chi connectivity index (χ4n) is 2.59. The summed E-state index contributed by atoms with van der Waals surface area (Å²) in [6, 6.07) is 13.0. The van der Waals surface area contributed by atoms with Crippen LogP contribution in [-0.4, -0.2) is 23.7 Å². The number of nitrogens with one attached hydrogen (secondary N) is 2. The Bertz CT molecular complexity index is 1020. The molecule has 3 N–H and O–H groups in total. The Labute approximate surface area is 158 Å². The number of ether oxygens (including phenoxy) is 2. The van der Waals surface area contributed by atoms with Crippen molar-refractivity contribution in [1.82, 2.24) is 0 Å². The van der Waals surface area contributed by atoms with Crippen LogP contribution in [0.2, 0.25) is 0 Å². The van der Waals surface area contributed by atoms with E-state index >= 15 is 0 Å². The molecular weight excluding hydrogens is 368 g/mol. The van der Waals surface area contributed by atoms with Crippen LogP contribution in [0, 0.1) is 0 Å². The third-order valence-electron chi connectivity index (χ3n) is 3.86. The second-order valence-corrected chi connectivity index (χ2v) is 6.64. The molecule has 0 radical (unpaired) electrons. The quantitative estimate of drug-likeness (QED) is 0.639. The Balaban J connectivity index is 1.50. The molecule has 1 aliphatic heterocycles. The average Bonchev–Trinajstić information content (AvgIpc) is 3.32. The van der Waals surface area contributed by atoms with Crippen molar-refractivity contribution in [2.75, 3.05) is 17.4 Å². The van der Waals surface area contributed by atoms with Gasteiger partial charge in [-0.25, -0.2) is 0 Å². The zero-order valence-electron chi connectivity index (χ0n) is 13.9. The molecule has 0 saturated heterocycles. The van der Waals surface area contributed by atoms with E-state index in [1.54, 1.807) is 36.4 Å². The minimum absolute atomic E-state index is 0.0474. The number of rotatable bonds is 4. The summed E-state index contributed by atoms with van der Waals surface area (Å²) >= 11 is 1.34. The first-order valence-corrected chi connectivity index (χ1v) is 8.87. The van der Waals surface area contributed by atoms with Crippen molar-refractivity contribution in [3.05, 3.63) is 64.4 Å². The lowest BCUT2D eigenvalue weighted by Crippen LogP contribution is -2.13. The number of amides is 2. The maximum Gasteiger partial charge on any atom is 0.265 e. The number of carbonyl (C=O) groups is 2. The first-order chi connectivity index (χ1) is 13.1. The van der Waals surface area contributed by atoms with Gasteiger partial charge >= 0.3 is 0 Å². The molecule has 8 heteroatoms. The second kappa shape index (κ2) is 7.00. The maximum atomic E-state index is 12.5. The highest BCUT2D eigenvalue weighted by Crippen LogP contribution is 2.37. The SMILES string of the molecule is O=C(Nc1cccc(NC(=O)c2cc3c(cc2O)OCO3)c1)c1cccs1. The normalized spacial score (nSPS) is 11.9. The van der Waals surface area contributed by atoms with Crippen LogP contribution in [0.15, 0.2) is 53.9 Å². The second-order valence-electron chi connectivity index (χ2n) is 5.69. The highest BCUT2D eigenvalue weighted by Gasteiger charge is 2.21. The summed E-state index contributed by atoms with van der Waals surface area (Å²) in [4.78, 5) is 25.2. The molecule has 3 aromatic rings. The first kappa shape index (κ1) is 16.9. The fraction of sp³-hybridized carbons (Fsp3) is 0.0526. The highest BCUT2D eigenvalue weighted by atomic mass is 32.1. The summed E-state index contributed by atoms with van der Waals surface area (Å²) in [5, 5.41) is 17.3. The van der Waals surface area contributed by atoms with Gasteiger partial charge in [-0.05, 0) is 29.6 Å². The lowest BCUT2D eigenvalue weighted by atomic mass is 10.1. The van der Waals surface area contributed by atoms with Gasteiger partial charge in [-0.3, -0.25) is 9.59 Å². The Morgan fingerprint density at radius 2 is 1.63 bits per heavy atom. The van der Waals surface area contributed by atoms with Gasteiger partial charge in [0.1, 0.15) is 5.75 Å². The molecule has 0 saturated carbocycles. The predicted octanol–water partition coefficient (Wildman–Crippen LogP) is 3.69. The van der Waals surface area contributed by atoms with Crippen LogP contribution in [0.3, 0.4) is 0 Å². The van der Waals surface area contributed by atoms with Gasteiger partial charge in [0.2, 0.25) is 6.79 Å². The lowest BCUT2D eigenvalue weighted by molar-refractivity contribution is 0.101. The van der Waals surface area contributed by atoms with Crippen LogP contribution >= 0.6 is 11.3 Å². The third-order valence-corrected chi connectivity index (χ3v) is 4.73. The number of carbonyl (C=O) groups excluding carboxylic acids is 2. The molecule has 136 valence electrons. The van der Waals surface area contributed by atoms with Gasteiger partial charge in [-0.1, -0.05) is 12.1 Å². The summed E-state index contributed by atoms with van der Waals surface area (Å²) in [7, 11) is 0. The van der Waals surface area contributed by atoms with Crippen LogP contribution in [0.1, 0.15) is 20.0 Å². The van der Waals surface area contributed by atoms with E-state index in [2.05, 4.69) is 10.6 Å². The Hall–Kier alpha value is -3.52. The van der Waals surface area contributed by atoms with Gasteiger partial charge < -0.3 is 25.2 Å². The summed E-state index contributed by atoms with van der Waals surface area (Å²) < 4.78 is 10.4. The van der Waals surface area contributed by atoms with Gasteiger partial charge in [0.25, 0.3) is 11.8 Å². The van der Waals surface area contributed by atoms with Gasteiger partial charge in [0, 0.05) is 23.5 Å². The number of thiophene rings is 1. The van der Waals surface area contributed by atoms with E-state index in [-0.39, 0.29) is 24.0 Å². The van der Waals surface area contributed by atoms with E-state index in [1.165, 1.54) is 23.5 Å². The van der Waals surface area contributed by atoms with Gasteiger partial charge in [0.05, 0.1) is 10.4 Å². The van der Waals surface area contributed by atoms with Gasteiger partial charge in [-0.2, -0.15) is 0 Å². The molecule has 2 aromatic carbocycles. The molecule has 0 unspecified atom stereocenters. The van der Waals surface area contributed by atoms with Crippen LogP contribution in [0.4, 0.5) is 11.4 Å². The largest absolute Gasteiger partial charge is 0.507 e. The Morgan fingerprint density at radius 1 is 0.926 bits per heavy atom. The number of benzene rings is 2. The van der Waals surface area contributed by atoms with Crippen molar-refractivity contribution >= 4 is 34.5 Å². The molecule has 27 heavy (non-hydrogen) atoms. The third kappa shape index (κ3) is 3.56. The molecule has 0 fully saturated rings. The molecule has 0 bridgehead atoms.